The van der Waals surface area contributed by atoms with Crippen molar-refractivity contribution in [3.05, 3.63) is 0 Å². The quantitative estimate of drug-likeness (QED) is 0.486. The van der Waals surface area contributed by atoms with Crippen molar-refractivity contribution in [3.8, 4) is 0 Å². The first-order valence-electron chi connectivity index (χ1n) is 1.26. The minimum atomic E-state index is -4.76. The van der Waals surface area contributed by atoms with Gasteiger partial charge in [-0.2, -0.15) is 0 Å². The summed E-state index contributed by atoms with van der Waals surface area (Å²) in [6.45, 7) is 0. The zero-order valence-electron chi connectivity index (χ0n) is 3.07. The van der Waals surface area contributed by atoms with Crippen LogP contribution < -0.4 is 0 Å². The summed E-state index contributed by atoms with van der Waals surface area (Å²) in [6, 6.07) is 0. The summed E-state index contributed by atoms with van der Waals surface area (Å²) >= 11 is 0. The summed E-state index contributed by atoms with van der Waals surface area (Å²) in [4.78, 5) is 0. The Labute approximate surface area is 38.2 Å². The van der Waals surface area contributed by atoms with E-state index in [1.165, 1.54) is 0 Å². The van der Waals surface area contributed by atoms with E-state index < -0.39 is 14.0 Å². The lowest BCUT2D eigenvalue weighted by Gasteiger charge is -1.99. The maximum atomic E-state index is 10.6. The van der Waals surface area contributed by atoms with Gasteiger partial charge in [0.2, 0.25) is 0 Å². The highest BCUT2D eigenvalue weighted by Crippen LogP contribution is 2.13. The molecule has 0 aromatic heterocycles. The summed E-state index contributed by atoms with van der Waals surface area (Å²) in [6.07, 6.45) is -4.76. The molecule has 0 aromatic rings. The summed E-state index contributed by atoms with van der Waals surface area (Å²) in [5.74, 6) is 0. The summed E-state index contributed by atoms with van der Waals surface area (Å²) in [7, 11) is -0.417. The third kappa shape index (κ3) is 5.77. The number of hydrogen-bond donors (Lipinski definition) is 1. The van der Waals surface area contributed by atoms with Crippen LogP contribution in [0.2, 0.25) is 0 Å². The third-order valence-corrected chi connectivity index (χ3v) is 0.186. The largest absolute Gasteiger partial charge is 0.510 e. The second-order valence-corrected chi connectivity index (χ2v) is 0.669. The molecule has 0 atom stereocenters. The lowest BCUT2D eigenvalue weighted by atomic mass is 10.4. The van der Waals surface area contributed by atoms with E-state index in [0.29, 0.717) is 0 Å². The van der Waals surface area contributed by atoms with Gasteiger partial charge in [-0.15, -0.1) is 13.2 Å². The number of hydrogen-bond acceptors (Lipinski definition) is 2. The predicted octanol–water partition coefficient (Wildman–Crippen LogP) is 0.0493. The first-order chi connectivity index (χ1) is 3.06. The van der Waals surface area contributed by atoms with Crippen LogP contribution in [0.1, 0.15) is 0 Å². The molecule has 0 aliphatic heterocycles. The molecule has 0 heterocycles. The molecule has 1 N–H and O–H groups in total. The molecule has 0 saturated carbocycles. The van der Waals surface area contributed by atoms with Gasteiger partial charge >= 0.3 is 14.0 Å². The first kappa shape index (κ1) is 6.77. The van der Waals surface area contributed by atoms with Crippen LogP contribution in [0.4, 0.5) is 13.2 Å². The second-order valence-electron chi connectivity index (χ2n) is 0.669. The molecule has 0 bridgehead atoms. The SMILES string of the molecule is O[B]OC(F)(F)F. The Balaban J connectivity index is 3.15. The Morgan fingerprint density at radius 2 is 1.86 bits per heavy atom. The van der Waals surface area contributed by atoms with E-state index in [9.17, 15) is 13.2 Å². The van der Waals surface area contributed by atoms with E-state index in [4.69, 9.17) is 5.02 Å². The van der Waals surface area contributed by atoms with Crippen LogP contribution in [0.3, 0.4) is 0 Å². The minimum Gasteiger partial charge on any atom is -0.429 e. The Bertz CT molecular complexity index is 51.4. The van der Waals surface area contributed by atoms with Crippen LogP contribution in [-0.2, 0) is 4.65 Å². The maximum absolute atomic E-state index is 10.6. The van der Waals surface area contributed by atoms with E-state index in [-0.39, 0.29) is 0 Å². The van der Waals surface area contributed by atoms with Gasteiger partial charge < -0.3 is 9.68 Å². The van der Waals surface area contributed by atoms with Crippen LogP contribution in [0.25, 0.3) is 0 Å². The molecule has 0 aliphatic rings. The highest BCUT2D eigenvalue weighted by molar-refractivity contribution is 6.15. The van der Waals surface area contributed by atoms with Crippen LogP contribution in [0.15, 0.2) is 0 Å². The molecule has 7 heavy (non-hydrogen) atoms. The molecule has 6 heteroatoms. The fraction of sp³-hybridized carbons (Fsp3) is 1.00. The van der Waals surface area contributed by atoms with E-state index >= 15 is 0 Å². The van der Waals surface area contributed by atoms with Crippen LogP contribution in [0, 0.1) is 0 Å². The van der Waals surface area contributed by atoms with Crippen molar-refractivity contribution in [2.24, 2.45) is 0 Å². The highest BCUT2D eigenvalue weighted by Gasteiger charge is 2.28. The van der Waals surface area contributed by atoms with Gasteiger partial charge in [-0.05, 0) is 0 Å². The highest BCUT2D eigenvalue weighted by atomic mass is 19.4. The van der Waals surface area contributed by atoms with Crippen molar-refractivity contribution in [1.29, 1.82) is 0 Å². The van der Waals surface area contributed by atoms with Crippen molar-refractivity contribution < 1.29 is 22.8 Å². The molecule has 0 amide bonds. The van der Waals surface area contributed by atoms with Gasteiger partial charge in [0.25, 0.3) is 0 Å². The van der Waals surface area contributed by atoms with Gasteiger partial charge in [-0.1, -0.05) is 0 Å². The summed E-state index contributed by atoms with van der Waals surface area (Å²) in [5, 5.41) is 7.33. The maximum Gasteiger partial charge on any atom is 0.510 e. The van der Waals surface area contributed by atoms with Gasteiger partial charge in [0.15, 0.2) is 0 Å². The van der Waals surface area contributed by atoms with Crippen LogP contribution in [0.5, 0.6) is 0 Å². The number of halogens is 3. The molecule has 0 spiro atoms. The van der Waals surface area contributed by atoms with Crippen molar-refractivity contribution in [2.75, 3.05) is 0 Å². The van der Waals surface area contributed by atoms with Crippen LogP contribution in [-0.4, -0.2) is 19.1 Å². The molecular weight excluding hydrogens is 112 g/mol. The van der Waals surface area contributed by atoms with E-state index in [1.807, 2.05) is 0 Å². The van der Waals surface area contributed by atoms with Gasteiger partial charge in [0.05, 0.1) is 0 Å². The average molecular weight is 113 g/mol. The smallest absolute Gasteiger partial charge is 0.429 e. The van der Waals surface area contributed by atoms with Gasteiger partial charge in [0, 0.05) is 0 Å². The molecule has 0 aliphatic carbocycles. The Morgan fingerprint density at radius 3 is 1.86 bits per heavy atom. The topological polar surface area (TPSA) is 29.5 Å². The monoisotopic (exact) mass is 113 g/mol. The van der Waals surface area contributed by atoms with Gasteiger partial charge in [0.1, 0.15) is 0 Å². The third-order valence-electron chi connectivity index (χ3n) is 0.186. The van der Waals surface area contributed by atoms with Gasteiger partial charge in [-0.3, -0.25) is 0 Å². The Kier molecular flexibility index (Phi) is 2.11. The number of rotatable bonds is 1. The molecule has 1 radical (unpaired) electrons. The molecule has 41 valence electrons. The molecule has 2 nitrogen and oxygen atoms in total. The zero-order chi connectivity index (χ0) is 5.91. The van der Waals surface area contributed by atoms with Crippen molar-refractivity contribution in [2.45, 2.75) is 6.36 Å². The fourth-order valence-electron chi connectivity index (χ4n) is 0.0598. The minimum absolute atomic E-state index is 0.417. The predicted molar refractivity (Wildman–Crippen MR) is 15.1 cm³/mol. The molecule has 0 unspecified atom stereocenters. The first-order valence-corrected chi connectivity index (χ1v) is 1.26. The summed E-state index contributed by atoms with van der Waals surface area (Å²) < 4.78 is 34.6. The molecule has 0 fully saturated rings. The molecule has 0 saturated heterocycles. The average Bonchev–Trinajstić information content (AvgIpc) is 1.30. The van der Waals surface area contributed by atoms with Crippen LogP contribution >= 0.6 is 0 Å². The molecule has 0 aromatic carbocycles. The lowest BCUT2D eigenvalue weighted by molar-refractivity contribution is -0.279. The molecule has 0 rings (SSSR count). The normalized spacial score (nSPS) is 11.4. The van der Waals surface area contributed by atoms with Crippen molar-refractivity contribution >= 4 is 7.69 Å². The lowest BCUT2D eigenvalue weighted by Crippen LogP contribution is -2.15. The van der Waals surface area contributed by atoms with Crippen molar-refractivity contribution in [3.63, 3.8) is 0 Å². The van der Waals surface area contributed by atoms with Gasteiger partial charge in [-0.25, -0.2) is 0 Å². The molecular formula is CHBF3O2. The number of alkyl halides is 3. The zero-order valence-corrected chi connectivity index (χ0v) is 3.07. The standard InChI is InChI=1S/CHBF3O2/c3-1(4,5)7-2-6/h6H. The van der Waals surface area contributed by atoms with E-state index in [1.54, 1.807) is 0 Å². The fourth-order valence-corrected chi connectivity index (χ4v) is 0.0598. The second kappa shape index (κ2) is 2.18. The van der Waals surface area contributed by atoms with Crippen molar-refractivity contribution in [1.82, 2.24) is 0 Å². The van der Waals surface area contributed by atoms with E-state index in [2.05, 4.69) is 4.65 Å². The van der Waals surface area contributed by atoms with E-state index in [0.717, 1.165) is 0 Å². The Hall–Kier alpha value is -0.225. The summed E-state index contributed by atoms with van der Waals surface area (Å²) in [5.41, 5.74) is 0. The Morgan fingerprint density at radius 1 is 1.43 bits per heavy atom.